The van der Waals surface area contributed by atoms with E-state index in [-0.39, 0.29) is 17.5 Å². The molecule has 2 N–H and O–H groups in total. The van der Waals surface area contributed by atoms with E-state index < -0.39 is 5.51 Å². The summed E-state index contributed by atoms with van der Waals surface area (Å²) in [6, 6.07) is 7.12. The summed E-state index contributed by atoms with van der Waals surface area (Å²) in [7, 11) is 0. The lowest BCUT2D eigenvalue weighted by atomic mass is 10.2. The van der Waals surface area contributed by atoms with Gasteiger partial charge in [0.2, 0.25) is 0 Å². The number of nitrogens with two attached hydrogens (primary N) is 1. The highest BCUT2D eigenvalue weighted by atomic mass is 32.2. The van der Waals surface area contributed by atoms with Crippen molar-refractivity contribution in [1.82, 2.24) is 0 Å². The first-order valence-electron chi connectivity index (χ1n) is 5.23. The Balaban J connectivity index is 2.51. The van der Waals surface area contributed by atoms with Gasteiger partial charge >= 0.3 is 5.51 Å². The van der Waals surface area contributed by atoms with Gasteiger partial charge in [0.05, 0.1) is 0 Å². The summed E-state index contributed by atoms with van der Waals surface area (Å²) in [6.07, 6.45) is 0. The van der Waals surface area contributed by atoms with Gasteiger partial charge in [-0.25, -0.2) is 0 Å². The van der Waals surface area contributed by atoms with Crippen molar-refractivity contribution >= 4 is 23.1 Å². The normalized spacial score (nSPS) is 11.5. The van der Waals surface area contributed by atoms with E-state index in [1.54, 1.807) is 12.1 Å². The van der Waals surface area contributed by atoms with Crippen molar-refractivity contribution in [2.45, 2.75) is 12.4 Å². The number of benzene rings is 1. The predicted molar refractivity (Wildman–Crippen MR) is 67.3 cm³/mol. The fourth-order valence-corrected chi connectivity index (χ4v) is 1.97. The van der Waals surface area contributed by atoms with E-state index in [9.17, 15) is 13.2 Å². The van der Waals surface area contributed by atoms with Crippen molar-refractivity contribution in [2.75, 3.05) is 29.5 Å². The summed E-state index contributed by atoms with van der Waals surface area (Å²) >= 11 is 0.00873. The van der Waals surface area contributed by atoms with Gasteiger partial charge in [0, 0.05) is 30.2 Å². The molecule has 0 spiro atoms. The Morgan fingerprint density at radius 1 is 1.24 bits per heavy atom. The molecule has 0 aliphatic rings. The van der Waals surface area contributed by atoms with Crippen LogP contribution in [-0.2, 0) is 0 Å². The Bertz CT molecular complexity index is 338. The number of thioether (sulfide) groups is 1. The van der Waals surface area contributed by atoms with Gasteiger partial charge in [0.25, 0.3) is 0 Å². The zero-order chi connectivity index (χ0) is 12.9. The van der Waals surface area contributed by atoms with Crippen LogP contribution in [0.4, 0.5) is 24.5 Å². The summed E-state index contributed by atoms with van der Waals surface area (Å²) in [5, 5.41) is 0. The molecular weight excluding hydrogens is 249 g/mol. The van der Waals surface area contributed by atoms with Crippen molar-refractivity contribution < 1.29 is 13.2 Å². The van der Waals surface area contributed by atoms with Crippen LogP contribution in [0.15, 0.2) is 24.3 Å². The first-order valence-corrected chi connectivity index (χ1v) is 6.22. The van der Waals surface area contributed by atoms with Crippen molar-refractivity contribution in [3.8, 4) is 0 Å². The molecule has 0 saturated carbocycles. The maximum atomic E-state index is 12.0. The number of rotatable bonds is 5. The molecule has 1 aromatic carbocycles. The van der Waals surface area contributed by atoms with Crippen LogP contribution in [-0.4, -0.2) is 24.4 Å². The van der Waals surface area contributed by atoms with Gasteiger partial charge in [-0.1, -0.05) is 0 Å². The largest absolute Gasteiger partial charge is 0.441 e. The van der Waals surface area contributed by atoms with E-state index in [4.69, 9.17) is 5.73 Å². The van der Waals surface area contributed by atoms with E-state index in [0.717, 1.165) is 5.69 Å². The van der Waals surface area contributed by atoms with Gasteiger partial charge in [0.15, 0.2) is 0 Å². The molecule has 17 heavy (non-hydrogen) atoms. The van der Waals surface area contributed by atoms with Crippen LogP contribution < -0.4 is 10.6 Å². The second-order valence-corrected chi connectivity index (χ2v) is 4.63. The van der Waals surface area contributed by atoms with Crippen LogP contribution in [0.25, 0.3) is 0 Å². The molecule has 2 nitrogen and oxygen atoms in total. The minimum atomic E-state index is -4.15. The fraction of sp³-hybridized carbons (Fsp3) is 0.455. The summed E-state index contributed by atoms with van der Waals surface area (Å²) in [4.78, 5) is 1.89. The van der Waals surface area contributed by atoms with Crippen molar-refractivity contribution in [1.29, 1.82) is 0 Å². The second-order valence-electron chi connectivity index (χ2n) is 3.47. The molecule has 1 rings (SSSR count). The molecule has 1 aromatic rings. The molecule has 0 amide bonds. The second kappa shape index (κ2) is 6.05. The summed E-state index contributed by atoms with van der Waals surface area (Å²) in [6.45, 7) is 2.95. The first kappa shape index (κ1) is 14.0. The Kier molecular flexibility index (Phi) is 4.99. The zero-order valence-corrected chi connectivity index (χ0v) is 10.3. The molecule has 0 bridgehead atoms. The molecule has 0 atom stereocenters. The fourth-order valence-electron chi connectivity index (χ4n) is 1.43. The third-order valence-corrected chi connectivity index (χ3v) is 2.98. The van der Waals surface area contributed by atoms with Crippen LogP contribution in [0.3, 0.4) is 0 Å². The number of nitrogen functional groups attached to an aromatic ring is 1. The molecule has 96 valence electrons. The predicted octanol–water partition coefficient (Wildman–Crippen LogP) is 3.35. The van der Waals surface area contributed by atoms with Gasteiger partial charge < -0.3 is 10.6 Å². The van der Waals surface area contributed by atoms with Crippen molar-refractivity contribution in [3.05, 3.63) is 24.3 Å². The number of halogens is 3. The average molecular weight is 264 g/mol. The van der Waals surface area contributed by atoms with E-state index in [0.29, 0.717) is 18.8 Å². The van der Waals surface area contributed by atoms with Crippen LogP contribution in [0, 0.1) is 0 Å². The van der Waals surface area contributed by atoms with Crippen LogP contribution >= 0.6 is 11.8 Å². The molecule has 0 aliphatic heterocycles. The lowest BCUT2D eigenvalue weighted by Gasteiger charge is -2.23. The smallest absolute Gasteiger partial charge is 0.399 e. The molecule has 0 aromatic heterocycles. The number of hydrogen-bond donors (Lipinski definition) is 1. The minimum Gasteiger partial charge on any atom is -0.399 e. The molecule has 0 saturated heterocycles. The highest BCUT2D eigenvalue weighted by molar-refractivity contribution is 8.00. The molecule has 0 aliphatic carbocycles. The Morgan fingerprint density at radius 2 is 1.82 bits per heavy atom. The molecule has 0 radical (unpaired) electrons. The van der Waals surface area contributed by atoms with Crippen LogP contribution in [0.5, 0.6) is 0 Å². The van der Waals surface area contributed by atoms with E-state index in [2.05, 4.69) is 0 Å². The monoisotopic (exact) mass is 264 g/mol. The summed E-state index contributed by atoms with van der Waals surface area (Å²) in [5.74, 6) is 0.0295. The minimum absolute atomic E-state index is 0.00873. The topological polar surface area (TPSA) is 29.3 Å². The Labute approximate surface area is 103 Å². The average Bonchev–Trinajstić information content (AvgIpc) is 2.24. The maximum Gasteiger partial charge on any atom is 0.441 e. The Morgan fingerprint density at radius 3 is 2.29 bits per heavy atom. The first-order chi connectivity index (χ1) is 7.92. The number of anilines is 2. The van der Waals surface area contributed by atoms with Crippen molar-refractivity contribution in [2.24, 2.45) is 0 Å². The molecule has 0 fully saturated rings. The third-order valence-electron chi connectivity index (χ3n) is 2.27. The highest BCUT2D eigenvalue weighted by Crippen LogP contribution is 2.30. The lowest BCUT2D eigenvalue weighted by Crippen LogP contribution is -2.26. The van der Waals surface area contributed by atoms with Crippen LogP contribution in [0.1, 0.15) is 6.92 Å². The lowest BCUT2D eigenvalue weighted by molar-refractivity contribution is -0.0327. The van der Waals surface area contributed by atoms with Gasteiger partial charge in [0.1, 0.15) is 0 Å². The van der Waals surface area contributed by atoms with Gasteiger partial charge in [-0.2, -0.15) is 13.2 Å². The van der Waals surface area contributed by atoms with Gasteiger partial charge in [-0.3, -0.25) is 0 Å². The zero-order valence-electron chi connectivity index (χ0n) is 9.50. The third kappa shape index (κ3) is 5.21. The quantitative estimate of drug-likeness (QED) is 0.827. The highest BCUT2D eigenvalue weighted by Gasteiger charge is 2.27. The summed E-state index contributed by atoms with van der Waals surface area (Å²) < 4.78 is 36.0. The number of alkyl halides is 3. The van der Waals surface area contributed by atoms with Crippen LogP contribution in [0.2, 0.25) is 0 Å². The van der Waals surface area contributed by atoms with E-state index in [1.807, 2.05) is 24.0 Å². The van der Waals surface area contributed by atoms with E-state index in [1.165, 1.54) is 0 Å². The molecular formula is C11H15F3N2S. The molecule has 0 heterocycles. The van der Waals surface area contributed by atoms with Crippen molar-refractivity contribution in [3.63, 3.8) is 0 Å². The SMILES string of the molecule is CCN(CCSC(F)(F)F)c1ccc(N)cc1. The summed E-state index contributed by atoms with van der Waals surface area (Å²) in [5.41, 5.74) is 2.94. The Hall–Kier alpha value is -1.04. The standard InChI is InChI=1S/C11H15F3N2S/c1-2-16(7-8-17-11(12,13)14)10-5-3-9(15)4-6-10/h3-6H,2,7-8,15H2,1H3. The number of hydrogen-bond acceptors (Lipinski definition) is 3. The molecule has 0 unspecified atom stereocenters. The van der Waals surface area contributed by atoms with E-state index >= 15 is 0 Å². The number of nitrogens with zero attached hydrogens (tertiary/aromatic N) is 1. The van der Waals surface area contributed by atoms with Gasteiger partial charge in [-0.05, 0) is 43.0 Å². The maximum absolute atomic E-state index is 12.0. The van der Waals surface area contributed by atoms with Gasteiger partial charge in [-0.15, -0.1) is 0 Å². The molecule has 6 heteroatoms.